The van der Waals surface area contributed by atoms with Gasteiger partial charge in [0, 0.05) is 34.6 Å². The van der Waals surface area contributed by atoms with Crippen LogP contribution in [-0.2, 0) is 13.2 Å². The number of aryl methyl sites for hydroxylation is 1. The molecule has 0 radical (unpaired) electrons. The van der Waals surface area contributed by atoms with E-state index in [0.29, 0.717) is 42.3 Å². The molecule has 0 saturated heterocycles. The van der Waals surface area contributed by atoms with E-state index < -0.39 is 11.9 Å². The number of amides is 1. The number of carbonyl (C=O) groups excluding carboxylic acids is 1. The third-order valence-corrected chi connectivity index (χ3v) is 7.08. The number of imidazole rings is 1. The van der Waals surface area contributed by atoms with Gasteiger partial charge in [-0.25, -0.2) is 9.97 Å². The maximum absolute atomic E-state index is 13.4. The number of fused-ring (bicyclic) bond motifs is 2. The van der Waals surface area contributed by atoms with Gasteiger partial charge in [0.25, 0.3) is 5.91 Å². The Labute approximate surface area is 210 Å². The Kier molecular flexibility index (Phi) is 6.38. The number of nitrogens with one attached hydrogen (secondary N) is 2. The predicted octanol–water partition coefficient (Wildman–Crippen LogP) is 5.66. The number of halogens is 3. The summed E-state index contributed by atoms with van der Waals surface area (Å²) in [7, 11) is 1.87. The van der Waals surface area contributed by atoms with Gasteiger partial charge in [-0.2, -0.15) is 13.2 Å². The van der Waals surface area contributed by atoms with E-state index in [1.165, 1.54) is 0 Å². The number of thiocarbonyl (C=S) groups is 1. The van der Waals surface area contributed by atoms with Crippen LogP contribution >= 0.6 is 12.2 Å². The lowest BCUT2D eigenvalue weighted by Crippen LogP contribution is -2.39. The molecule has 1 fully saturated rings. The van der Waals surface area contributed by atoms with E-state index in [2.05, 4.69) is 20.6 Å². The highest BCUT2D eigenvalue weighted by Crippen LogP contribution is 2.34. The van der Waals surface area contributed by atoms with Crippen LogP contribution in [0.1, 0.15) is 41.7 Å². The molecule has 0 bridgehead atoms. The molecule has 10 heteroatoms. The zero-order valence-corrected chi connectivity index (χ0v) is 20.3. The number of rotatable bonds is 4. The summed E-state index contributed by atoms with van der Waals surface area (Å²) in [6.45, 7) is 0. The quantitative estimate of drug-likeness (QED) is 0.273. The summed E-state index contributed by atoms with van der Waals surface area (Å²) < 4.78 is 42.2. The molecule has 36 heavy (non-hydrogen) atoms. The van der Waals surface area contributed by atoms with Crippen molar-refractivity contribution < 1.29 is 18.0 Å². The first kappa shape index (κ1) is 24.2. The summed E-state index contributed by atoms with van der Waals surface area (Å²) in [6.07, 6.45) is -0.379. The molecule has 2 aromatic carbocycles. The number of alkyl halides is 3. The van der Waals surface area contributed by atoms with E-state index in [1.54, 1.807) is 42.7 Å². The zero-order chi connectivity index (χ0) is 25.4. The normalized spacial score (nSPS) is 18.8. The van der Waals surface area contributed by atoms with E-state index in [1.807, 2.05) is 17.7 Å². The van der Waals surface area contributed by atoms with Crippen molar-refractivity contribution >= 4 is 50.6 Å². The average Bonchev–Trinajstić information content (AvgIpc) is 3.14. The highest BCUT2D eigenvalue weighted by Gasteiger charge is 2.34. The van der Waals surface area contributed by atoms with E-state index in [4.69, 9.17) is 12.2 Å². The minimum atomic E-state index is -4.54. The van der Waals surface area contributed by atoms with Gasteiger partial charge >= 0.3 is 6.18 Å². The summed E-state index contributed by atoms with van der Waals surface area (Å²) in [5.41, 5.74) is 1.95. The standard InChI is InChI=1S/C26H24F3N5OS/c1-34-14-30-19-9-6-15(12-22(19)34)25(35)33-20-10-7-16(8-11-23(20)36)31-21-13-24(26(27,28)29)32-18-5-3-2-4-17(18)21/h2-6,9,12-14,16,20H,7-8,10-11H2,1H3,(H,31,32)(H,33,35)/t16-,20+/m1/s1. The summed E-state index contributed by atoms with van der Waals surface area (Å²) in [6, 6.07) is 12.8. The van der Waals surface area contributed by atoms with Crippen molar-refractivity contribution in [3.63, 3.8) is 0 Å². The molecule has 0 unspecified atom stereocenters. The van der Waals surface area contributed by atoms with Gasteiger partial charge < -0.3 is 15.2 Å². The SMILES string of the molecule is Cn1cnc2ccc(C(=O)N[C@H]3CC[C@@H](Nc4cc(C(F)(F)F)nc5ccccc45)CCC3=S)cc21. The lowest BCUT2D eigenvalue weighted by molar-refractivity contribution is -0.140. The third kappa shape index (κ3) is 4.90. The number of benzene rings is 2. The van der Waals surface area contributed by atoms with Crippen LogP contribution in [0, 0.1) is 0 Å². The third-order valence-electron chi connectivity index (χ3n) is 6.59. The van der Waals surface area contributed by atoms with E-state index in [9.17, 15) is 18.0 Å². The van der Waals surface area contributed by atoms with Crippen LogP contribution in [0.4, 0.5) is 18.9 Å². The number of hydrogen-bond donors (Lipinski definition) is 2. The van der Waals surface area contributed by atoms with Crippen molar-refractivity contribution in [2.24, 2.45) is 7.05 Å². The first-order valence-corrected chi connectivity index (χ1v) is 12.1. The van der Waals surface area contributed by atoms with E-state index >= 15 is 0 Å². The highest BCUT2D eigenvalue weighted by atomic mass is 32.1. The lowest BCUT2D eigenvalue weighted by atomic mass is 10.1. The highest BCUT2D eigenvalue weighted by molar-refractivity contribution is 7.80. The molecule has 1 aliphatic rings. The summed E-state index contributed by atoms with van der Waals surface area (Å²) >= 11 is 5.61. The molecule has 186 valence electrons. The second-order valence-corrected chi connectivity index (χ2v) is 9.60. The van der Waals surface area contributed by atoms with Crippen molar-refractivity contribution in [2.45, 2.75) is 43.9 Å². The maximum atomic E-state index is 13.4. The second-order valence-electron chi connectivity index (χ2n) is 9.08. The van der Waals surface area contributed by atoms with Gasteiger partial charge in [0.05, 0.1) is 28.9 Å². The maximum Gasteiger partial charge on any atom is 0.433 e. The van der Waals surface area contributed by atoms with Crippen molar-refractivity contribution in [1.29, 1.82) is 0 Å². The lowest BCUT2D eigenvalue weighted by Gasteiger charge is -2.21. The minimum Gasteiger partial charge on any atom is -0.382 e. The molecule has 2 atom stereocenters. The number of aromatic nitrogens is 3. The van der Waals surface area contributed by atoms with Gasteiger partial charge in [-0.3, -0.25) is 4.79 Å². The average molecular weight is 512 g/mol. The monoisotopic (exact) mass is 511 g/mol. The van der Waals surface area contributed by atoms with Crippen LogP contribution in [0.15, 0.2) is 54.9 Å². The van der Waals surface area contributed by atoms with E-state index in [-0.39, 0.29) is 23.5 Å². The Morgan fingerprint density at radius 1 is 1.08 bits per heavy atom. The zero-order valence-electron chi connectivity index (χ0n) is 19.5. The molecule has 2 aromatic heterocycles. The topological polar surface area (TPSA) is 71.8 Å². The van der Waals surface area contributed by atoms with Crippen LogP contribution < -0.4 is 10.6 Å². The molecule has 5 rings (SSSR count). The van der Waals surface area contributed by atoms with Crippen LogP contribution in [0.3, 0.4) is 0 Å². The smallest absolute Gasteiger partial charge is 0.382 e. The number of carbonyl (C=O) groups is 1. The summed E-state index contributed by atoms with van der Waals surface area (Å²) in [5.74, 6) is -0.216. The molecule has 4 aromatic rings. The molecule has 0 aliphatic heterocycles. The molecule has 2 N–H and O–H groups in total. The molecule has 0 spiro atoms. The van der Waals surface area contributed by atoms with Gasteiger partial charge in [0.15, 0.2) is 0 Å². The van der Waals surface area contributed by atoms with Crippen molar-refractivity contribution in [1.82, 2.24) is 19.9 Å². The fourth-order valence-electron chi connectivity index (χ4n) is 4.63. The summed E-state index contributed by atoms with van der Waals surface area (Å²) in [4.78, 5) is 21.8. The predicted molar refractivity (Wildman–Crippen MR) is 137 cm³/mol. The van der Waals surface area contributed by atoms with Gasteiger partial charge in [-0.15, -0.1) is 0 Å². The molecular formula is C26H24F3N5OS. The number of para-hydroxylation sites is 1. The molecule has 1 amide bonds. The Morgan fingerprint density at radius 3 is 2.69 bits per heavy atom. The number of hydrogen-bond acceptors (Lipinski definition) is 5. The van der Waals surface area contributed by atoms with Crippen LogP contribution in [0.5, 0.6) is 0 Å². The van der Waals surface area contributed by atoms with Crippen molar-refractivity contribution in [2.75, 3.05) is 5.32 Å². The van der Waals surface area contributed by atoms with Crippen molar-refractivity contribution in [3.05, 3.63) is 66.1 Å². The molecule has 2 heterocycles. The van der Waals surface area contributed by atoms with Crippen LogP contribution in [-0.4, -0.2) is 37.4 Å². The number of pyridine rings is 1. The molecular weight excluding hydrogens is 487 g/mol. The largest absolute Gasteiger partial charge is 0.433 e. The fourth-order valence-corrected chi connectivity index (χ4v) is 4.92. The molecule has 1 saturated carbocycles. The van der Waals surface area contributed by atoms with Crippen LogP contribution in [0.2, 0.25) is 0 Å². The first-order valence-electron chi connectivity index (χ1n) is 11.7. The molecule has 6 nitrogen and oxygen atoms in total. The first-order chi connectivity index (χ1) is 17.2. The Morgan fingerprint density at radius 2 is 1.89 bits per heavy atom. The molecule has 1 aliphatic carbocycles. The van der Waals surface area contributed by atoms with Gasteiger partial charge in [-0.1, -0.05) is 30.4 Å². The van der Waals surface area contributed by atoms with E-state index in [0.717, 1.165) is 22.0 Å². The Bertz CT molecular complexity index is 1470. The number of anilines is 1. The van der Waals surface area contributed by atoms with Gasteiger partial charge in [-0.05, 0) is 56.0 Å². The fraction of sp³-hybridized carbons (Fsp3) is 0.308. The van der Waals surface area contributed by atoms with Gasteiger partial charge in [0.1, 0.15) is 5.69 Å². The van der Waals surface area contributed by atoms with Crippen LogP contribution in [0.25, 0.3) is 21.9 Å². The Balaban J connectivity index is 1.31. The van der Waals surface area contributed by atoms with Crippen molar-refractivity contribution in [3.8, 4) is 0 Å². The van der Waals surface area contributed by atoms with Gasteiger partial charge in [0.2, 0.25) is 0 Å². The summed E-state index contributed by atoms with van der Waals surface area (Å²) in [5, 5.41) is 6.98. The second kappa shape index (κ2) is 9.50. The number of nitrogens with zero attached hydrogens (tertiary/aromatic N) is 3. The minimum absolute atomic E-state index is 0.0949. The Hall–Kier alpha value is -3.53.